The Balaban J connectivity index is 2.00. The normalized spacial score (nSPS) is 10.7. The van der Waals surface area contributed by atoms with E-state index in [1.165, 1.54) is 5.69 Å². The predicted molar refractivity (Wildman–Crippen MR) is 103 cm³/mol. The van der Waals surface area contributed by atoms with Crippen LogP contribution in [0.5, 0.6) is 5.75 Å². The van der Waals surface area contributed by atoms with Crippen LogP contribution in [0.1, 0.15) is 36.7 Å². The van der Waals surface area contributed by atoms with E-state index in [0.717, 1.165) is 18.7 Å². The van der Waals surface area contributed by atoms with Crippen molar-refractivity contribution < 1.29 is 9.53 Å². The second-order valence-electron chi connectivity index (χ2n) is 5.39. The first-order valence-corrected chi connectivity index (χ1v) is 8.59. The van der Waals surface area contributed by atoms with Gasteiger partial charge in [-0.2, -0.15) is 5.10 Å². The maximum absolute atomic E-state index is 12.2. The molecule has 132 valence electrons. The van der Waals surface area contributed by atoms with Crippen molar-refractivity contribution >= 4 is 17.8 Å². The van der Waals surface area contributed by atoms with Crippen LogP contribution in [0.3, 0.4) is 0 Å². The van der Waals surface area contributed by atoms with Gasteiger partial charge in [-0.1, -0.05) is 24.3 Å². The standard InChI is InChI=1S/C20H25N3O2/c1-4-23(5-2)17-13-11-16(12-14-17)15-21-22-20(24)18-9-7-8-10-19(18)25-6-3/h7-15H,4-6H2,1-3H3,(H,22,24)/b21-15-. The number of hydrogen-bond donors (Lipinski definition) is 1. The fraction of sp³-hybridized carbons (Fsp3) is 0.300. The minimum absolute atomic E-state index is 0.292. The van der Waals surface area contributed by atoms with E-state index in [9.17, 15) is 4.79 Å². The fourth-order valence-electron chi connectivity index (χ4n) is 2.52. The summed E-state index contributed by atoms with van der Waals surface area (Å²) in [5, 5.41) is 4.04. The average molecular weight is 339 g/mol. The Morgan fingerprint density at radius 2 is 1.76 bits per heavy atom. The number of rotatable bonds is 8. The molecule has 0 atom stereocenters. The van der Waals surface area contributed by atoms with Gasteiger partial charge in [0.05, 0.1) is 18.4 Å². The summed E-state index contributed by atoms with van der Waals surface area (Å²) in [5.41, 5.74) is 5.12. The first-order chi connectivity index (χ1) is 12.2. The third-order valence-electron chi connectivity index (χ3n) is 3.83. The van der Waals surface area contributed by atoms with Crippen molar-refractivity contribution in [2.75, 3.05) is 24.6 Å². The minimum atomic E-state index is -0.292. The third kappa shape index (κ3) is 5.08. The molecule has 0 spiro atoms. The van der Waals surface area contributed by atoms with E-state index in [4.69, 9.17) is 4.74 Å². The first kappa shape index (κ1) is 18.5. The molecule has 0 aliphatic rings. The molecule has 0 heterocycles. The van der Waals surface area contributed by atoms with E-state index >= 15 is 0 Å². The number of nitrogens with one attached hydrogen (secondary N) is 1. The summed E-state index contributed by atoms with van der Waals surface area (Å²) < 4.78 is 5.46. The lowest BCUT2D eigenvalue weighted by Gasteiger charge is -2.20. The Kier molecular flexibility index (Phi) is 7.01. The van der Waals surface area contributed by atoms with E-state index in [1.807, 2.05) is 25.1 Å². The van der Waals surface area contributed by atoms with Crippen LogP contribution in [-0.2, 0) is 0 Å². The zero-order valence-electron chi connectivity index (χ0n) is 15.0. The average Bonchev–Trinajstić information content (AvgIpc) is 2.64. The number of nitrogens with zero attached hydrogens (tertiary/aromatic N) is 2. The van der Waals surface area contributed by atoms with E-state index in [0.29, 0.717) is 17.9 Å². The molecule has 1 N–H and O–H groups in total. The zero-order valence-corrected chi connectivity index (χ0v) is 15.0. The molecule has 0 saturated heterocycles. The SMILES string of the molecule is CCOc1ccccc1C(=O)N/N=C\c1ccc(N(CC)CC)cc1. The molecule has 0 radical (unpaired) electrons. The number of carbonyl (C=O) groups is 1. The number of benzene rings is 2. The zero-order chi connectivity index (χ0) is 18.1. The first-order valence-electron chi connectivity index (χ1n) is 8.59. The molecular formula is C20H25N3O2. The van der Waals surface area contributed by atoms with Gasteiger partial charge in [-0.25, -0.2) is 5.43 Å². The lowest BCUT2D eigenvalue weighted by atomic mass is 10.2. The lowest BCUT2D eigenvalue weighted by Crippen LogP contribution is -2.21. The van der Waals surface area contributed by atoms with Gasteiger partial charge in [0.25, 0.3) is 5.91 Å². The van der Waals surface area contributed by atoms with Crippen LogP contribution in [0, 0.1) is 0 Å². The van der Waals surface area contributed by atoms with Gasteiger partial charge in [0.2, 0.25) is 0 Å². The second-order valence-corrected chi connectivity index (χ2v) is 5.39. The van der Waals surface area contributed by atoms with Crippen molar-refractivity contribution in [2.45, 2.75) is 20.8 Å². The number of para-hydroxylation sites is 1. The number of hydrogen-bond acceptors (Lipinski definition) is 4. The molecule has 0 aliphatic heterocycles. The van der Waals surface area contributed by atoms with Gasteiger partial charge in [-0.3, -0.25) is 4.79 Å². The second kappa shape index (κ2) is 9.47. The molecule has 1 amide bonds. The molecule has 25 heavy (non-hydrogen) atoms. The van der Waals surface area contributed by atoms with E-state index < -0.39 is 0 Å². The molecule has 0 fully saturated rings. The Morgan fingerprint density at radius 3 is 2.40 bits per heavy atom. The summed E-state index contributed by atoms with van der Waals surface area (Å²) in [6.45, 7) is 8.60. The highest BCUT2D eigenvalue weighted by molar-refractivity contribution is 5.97. The quantitative estimate of drug-likeness (QED) is 0.589. The van der Waals surface area contributed by atoms with Gasteiger partial charge in [-0.15, -0.1) is 0 Å². The number of anilines is 1. The van der Waals surface area contributed by atoms with Gasteiger partial charge in [0, 0.05) is 18.8 Å². The maximum Gasteiger partial charge on any atom is 0.275 e. The van der Waals surface area contributed by atoms with Crippen LogP contribution in [-0.4, -0.2) is 31.8 Å². The molecule has 5 nitrogen and oxygen atoms in total. The number of hydrazone groups is 1. The summed E-state index contributed by atoms with van der Waals surface area (Å²) in [5.74, 6) is 0.265. The highest BCUT2D eigenvalue weighted by Gasteiger charge is 2.10. The van der Waals surface area contributed by atoms with E-state index in [-0.39, 0.29) is 5.91 Å². The van der Waals surface area contributed by atoms with Gasteiger partial charge in [-0.05, 0) is 50.6 Å². The van der Waals surface area contributed by atoms with Crippen molar-refractivity contribution in [3.05, 3.63) is 59.7 Å². The Morgan fingerprint density at radius 1 is 1.08 bits per heavy atom. The molecule has 0 aliphatic carbocycles. The Labute approximate surface area is 149 Å². The van der Waals surface area contributed by atoms with Gasteiger partial charge < -0.3 is 9.64 Å². The summed E-state index contributed by atoms with van der Waals surface area (Å²) in [6, 6.07) is 15.2. The van der Waals surface area contributed by atoms with Crippen LogP contribution in [0.4, 0.5) is 5.69 Å². The predicted octanol–water partition coefficient (Wildman–Crippen LogP) is 3.70. The molecule has 2 aromatic carbocycles. The van der Waals surface area contributed by atoms with Gasteiger partial charge in [0.1, 0.15) is 5.75 Å². The molecule has 2 rings (SSSR count). The summed E-state index contributed by atoms with van der Waals surface area (Å²) in [6.07, 6.45) is 1.63. The molecule has 5 heteroatoms. The van der Waals surface area contributed by atoms with Gasteiger partial charge >= 0.3 is 0 Å². The summed E-state index contributed by atoms with van der Waals surface area (Å²) in [4.78, 5) is 14.5. The highest BCUT2D eigenvalue weighted by Crippen LogP contribution is 2.17. The maximum atomic E-state index is 12.2. The topological polar surface area (TPSA) is 53.9 Å². The van der Waals surface area contributed by atoms with E-state index in [2.05, 4.69) is 41.4 Å². The smallest absolute Gasteiger partial charge is 0.275 e. The molecular weight excluding hydrogens is 314 g/mol. The lowest BCUT2D eigenvalue weighted by molar-refractivity contribution is 0.0951. The Hall–Kier alpha value is -2.82. The summed E-state index contributed by atoms with van der Waals surface area (Å²) in [7, 11) is 0. The highest BCUT2D eigenvalue weighted by atomic mass is 16.5. The largest absolute Gasteiger partial charge is 0.493 e. The number of amides is 1. The van der Waals surface area contributed by atoms with Crippen molar-refractivity contribution in [1.29, 1.82) is 0 Å². The third-order valence-corrected chi connectivity index (χ3v) is 3.83. The van der Waals surface area contributed by atoms with Crippen molar-refractivity contribution in [3.8, 4) is 5.75 Å². The van der Waals surface area contributed by atoms with Crippen LogP contribution < -0.4 is 15.1 Å². The molecule has 0 aromatic heterocycles. The van der Waals surface area contributed by atoms with Gasteiger partial charge in [0.15, 0.2) is 0 Å². The molecule has 0 bridgehead atoms. The van der Waals surface area contributed by atoms with Crippen molar-refractivity contribution in [1.82, 2.24) is 5.43 Å². The van der Waals surface area contributed by atoms with Crippen LogP contribution in [0.2, 0.25) is 0 Å². The molecule has 0 unspecified atom stereocenters. The number of carbonyl (C=O) groups excluding carboxylic acids is 1. The molecule has 0 saturated carbocycles. The summed E-state index contributed by atoms with van der Waals surface area (Å²) >= 11 is 0. The number of ether oxygens (including phenoxy) is 1. The van der Waals surface area contributed by atoms with Crippen molar-refractivity contribution in [2.24, 2.45) is 5.10 Å². The monoisotopic (exact) mass is 339 g/mol. The van der Waals surface area contributed by atoms with E-state index in [1.54, 1.807) is 24.4 Å². The Bertz CT molecular complexity index is 707. The van der Waals surface area contributed by atoms with Crippen LogP contribution in [0.15, 0.2) is 53.6 Å². The van der Waals surface area contributed by atoms with Crippen LogP contribution in [0.25, 0.3) is 0 Å². The van der Waals surface area contributed by atoms with Crippen LogP contribution >= 0.6 is 0 Å². The fourth-order valence-corrected chi connectivity index (χ4v) is 2.52. The minimum Gasteiger partial charge on any atom is -0.493 e. The molecule has 2 aromatic rings. The van der Waals surface area contributed by atoms with Crippen molar-refractivity contribution in [3.63, 3.8) is 0 Å².